The van der Waals surface area contributed by atoms with Crippen molar-refractivity contribution in [2.75, 3.05) is 33.8 Å². The number of ether oxygens (including phenoxy) is 2. The molecule has 0 radical (unpaired) electrons. The summed E-state index contributed by atoms with van der Waals surface area (Å²) >= 11 is 0. The first-order valence-corrected chi connectivity index (χ1v) is 16.1. The summed E-state index contributed by atoms with van der Waals surface area (Å²) < 4.78 is 15.6. The number of pyridine rings is 1. The van der Waals surface area contributed by atoms with Crippen LogP contribution in [0.25, 0.3) is 33.6 Å². The maximum absolute atomic E-state index is 14.0. The van der Waals surface area contributed by atoms with E-state index in [1.165, 1.54) is 12.8 Å². The minimum atomic E-state index is -0.727. The Morgan fingerprint density at radius 3 is 2.64 bits per heavy atom. The van der Waals surface area contributed by atoms with Gasteiger partial charge in [-0.15, -0.1) is 0 Å². The Labute approximate surface area is 273 Å². The zero-order valence-corrected chi connectivity index (χ0v) is 27.0. The lowest BCUT2D eigenvalue weighted by molar-refractivity contribution is -0.147. The number of esters is 1. The number of benzene rings is 2. The average Bonchev–Trinajstić information content (AvgIpc) is 3.75. The van der Waals surface area contributed by atoms with Crippen molar-refractivity contribution in [1.82, 2.24) is 28.9 Å². The fourth-order valence-corrected chi connectivity index (χ4v) is 6.66. The van der Waals surface area contributed by atoms with Gasteiger partial charge in [-0.25, -0.2) is 9.97 Å². The molecule has 47 heavy (non-hydrogen) atoms. The highest BCUT2D eigenvalue weighted by Gasteiger charge is 2.33. The number of nitrogens with zero attached hydrogens (tertiary/aromatic N) is 6. The fraction of sp³-hybridized carbons (Fsp3) is 0.389. The molecule has 1 saturated heterocycles. The maximum atomic E-state index is 14.0. The molecule has 3 aromatic heterocycles. The summed E-state index contributed by atoms with van der Waals surface area (Å²) in [6, 6.07) is 19.0. The Morgan fingerprint density at radius 1 is 1.06 bits per heavy atom. The van der Waals surface area contributed by atoms with Crippen LogP contribution in [-0.4, -0.2) is 91.8 Å². The second-order valence-corrected chi connectivity index (χ2v) is 12.9. The molecule has 0 bridgehead atoms. The number of likely N-dealkylation sites (tertiary alicyclic amines) is 1. The highest BCUT2D eigenvalue weighted by molar-refractivity contribution is 6.00. The molecule has 2 aliphatic rings. The van der Waals surface area contributed by atoms with Gasteiger partial charge in [0.1, 0.15) is 23.5 Å². The molecule has 1 N–H and O–H groups in total. The van der Waals surface area contributed by atoms with Crippen LogP contribution in [0.4, 0.5) is 0 Å². The van der Waals surface area contributed by atoms with E-state index >= 15 is 0 Å². The third-order valence-corrected chi connectivity index (χ3v) is 9.36. The molecule has 4 heterocycles. The first-order valence-electron chi connectivity index (χ1n) is 16.1. The second-order valence-electron chi connectivity index (χ2n) is 12.9. The lowest BCUT2D eigenvalue weighted by Gasteiger charge is -2.39. The zero-order chi connectivity index (χ0) is 32.7. The molecule has 0 spiro atoms. The van der Waals surface area contributed by atoms with E-state index in [4.69, 9.17) is 14.5 Å². The summed E-state index contributed by atoms with van der Waals surface area (Å²) in [5.41, 5.74) is 4.70. The number of likely N-dealkylation sites (N-methyl/N-ethyl adjacent to an activating group) is 1. The number of carbonyl (C=O) groups excluding carboxylic acids is 2. The number of hydrogen-bond acceptors (Lipinski definition) is 8. The molecule has 1 amide bonds. The fourth-order valence-electron chi connectivity index (χ4n) is 6.66. The summed E-state index contributed by atoms with van der Waals surface area (Å²) in [6.45, 7) is 1.70. The number of aryl methyl sites for hydroxylation is 1. The molecule has 0 unspecified atom stereocenters. The van der Waals surface area contributed by atoms with Crippen LogP contribution in [0.2, 0.25) is 0 Å². The van der Waals surface area contributed by atoms with Crippen LogP contribution >= 0.6 is 0 Å². The van der Waals surface area contributed by atoms with Crippen LogP contribution < -0.4 is 4.74 Å². The van der Waals surface area contributed by atoms with Crippen molar-refractivity contribution >= 4 is 33.9 Å². The number of methoxy groups -OCH3 is 1. The van der Waals surface area contributed by atoms with Gasteiger partial charge >= 0.3 is 5.97 Å². The highest BCUT2D eigenvalue weighted by Crippen LogP contribution is 2.37. The van der Waals surface area contributed by atoms with E-state index < -0.39 is 6.10 Å². The van der Waals surface area contributed by atoms with Crippen molar-refractivity contribution in [2.45, 2.75) is 44.6 Å². The molecule has 7 rings (SSSR count). The summed E-state index contributed by atoms with van der Waals surface area (Å²) in [6.07, 6.45) is 3.97. The zero-order valence-electron chi connectivity index (χ0n) is 27.0. The molecule has 1 aliphatic heterocycles. The number of fused-ring (bicyclic) bond motifs is 2. The van der Waals surface area contributed by atoms with E-state index in [0.29, 0.717) is 35.7 Å². The third-order valence-electron chi connectivity index (χ3n) is 9.36. The molecule has 2 fully saturated rings. The van der Waals surface area contributed by atoms with Crippen molar-refractivity contribution < 1.29 is 24.2 Å². The van der Waals surface area contributed by atoms with E-state index in [0.717, 1.165) is 40.2 Å². The van der Waals surface area contributed by atoms with Crippen molar-refractivity contribution in [2.24, 2.45) is 13.0 Å². The molecule has 2 atom stereocenters. The molecule has 11 nitrogen and oxygen atoms in total. The van der Waals surface area contributed by atoms with Crippen molar-refractivity contribution in [3.63, 3.8) is 0 Å². The smallest absolute Gasteiger partial charge is 0.320 e. The van der Waals surface area contributed by atoms with Gasteiger partial charge in [0, 0.05) is 49.9 Å². The van der Waals surface area contributed by atoms with Gasteiger partial charge in [0.15, 0.2) is 5.82 Å². The molecular formula is C36H40N6O5. The number of hydrogen-bond donors (Lipinski definition) is 1. The van der Waals surface area contributed by atoms with Crippen LogP contribution in [0, 0.1) is 5.92 Å². The number of carbonyl (C=O) groups is 2. The third kappa shape index (κ3) is 6.33. The number of aromatic nitrogens is 4. The number of aliphatic hydroxyl groups is 1. The summed E-state index contributed by atoms with van der Waals surface area (Å²) in [7, 11) is 5.38. The van der Waals surface area contributed by atoms with Gasteiger partial charge in [-0.05, 0) is 68.1 Å². The number of amides is 1. The largest absolute Gasteiger partial charge is 0.494 e. The lowest BCUT2D eigenvalue weighted by atomic mass is 10.0. The molecular weight excluding hydrogens is 596 g/mol. The first-order chi connectivity index (χ1) is 22.8. The van der Waals surface area contributed by atoms with Gasteiger partial charge in [-0.3, -0.25) is 14.5 Å². The van der Waals surface area contributed by atoms with E-state index in [9.17, 15) is 14.7 Å². The Morgan fingerprint density at radius 2 is 1.87 bits per heavy atom. The molecule has 244 valence electrons. The molecule has 1 saturated carbocycles. The SMILES string of the molecule is COc1cc(C(=O)N2C[C@H](O)C[C@@H](N(C)CC(=O)OCc3ccccc3)C2)cc2nc(-c3cc4cccnc4n3CC3CC3)n(C)c12. The molecule has 2 aromatic carbocycles. The van der Waals surface area contributed by atoms with Gasteiger partial charge < -0.3 is 28.6 Å². The van der Waals surface area contributed by atoms with E-state index in [1.807, 2.05) is 66.2 Å². The van der Waals surface area contributed by atoms with Gasteiger partial charge in [0.05, 0.1) is 31.0 Å². The highest BCUT2D eigenvalue weighted by atomic mass is 16.5. The van der Waals surface area contributed by atoms with E-state index in [-0.39, 0.29) is 37.6 Å². The van der Waals surface area contributed by atoms with Gasteiger partial charge in [0.25, 0.3) is 5.91 Å². The Bertz CT molecular complexity index is 1930. The first kappa shape index (κ1) is 30.9. The van der Waals surface area contributed by atoms with Crippen LogP contribution in [0.3, 0.4) is 0 Å². The normalized spacial score (nSPS) is 18.3. The summed E-state index contributed by atoms with van der Waals surface area (Å²) in [5.74, 6) is 1.37. The van der Waals surface area contributed by atoms with E-state index in [2.05, 4.69) is 21.7 Å². The quantitative estimate of drug-likeness (QED) is 0.226. The minimum Gasteiger partial charge on any atom is -0.494 e. The van der Waals surface area contributed by atoms with Gasteiger partial charge in [-0.1, -0.05) is 30.3 Å². The van der Waals surface area contributed by atoms with Crippen LogP contribution in [0.5, 0.6) is 5.75 Å². The van der Waals surface area contributed by atoms with Crippen LogP contribution in [-0.2, 0) is 29.7 Å². The predicted octanol–water partition coefficient (Wildman–Crippen LogP) is 4.26. The van der Waals surface area contributed by atoms with Gasteiger partial charge in [-0.2, -0.15) is 0 Å². The van der Waals surface area contributed by atoms with Crippen molar-refractivity contribution in [1.29, 1.82) is 0 Å². The number of imidazole rings is 1. The van der Waals surface area contributed by atoms with Crippen LogP contribution in [0.1, 0.15) is 35.2 Å². The topological polar surface area (TPSA) is 115 Å². The summed E-state index contributed by atoms with van der Waals surface area (Å²) in [4.78, 5) is 39.8. The van der Waals surface area contributed by atoms with Crippen molar-refractivity contribution in [3.8, 4) is 17.3 Å². The van der Waals surface area contributed by atoms with E-state index in [1.54, 1.807) is 24.1 Å². The Hall–Kier alpha value is -4.74. The lowest BCUT2D eigenvalue weighted by Crippen LogP contribution is -2.54. The van der Waals surface area contributed by atoms with Gasteiger partial charge in [0.2, 0.25) is 0 Å². The standard InChI is InChI=1S/C36H40N6O5/c1-39(21-32(44)47-22-24-8-5-4-6-9-24)27-17-28(43)20-41(19-27)36(45)26-14-29-33(31(16-26)46-3)40(2)35(38-29)30-15-25-10-7-13-37-34(25)42(30)18-23-11-12-23/h4-10,13-16,23,27-28,43H,11-12,17-22H2,1-3H3/t27-,28-/m1/s1. The predicted molar refractivity (Wildman–Crippen MR) is 178 cm³/mol. The number of piperidine rings is 1. The molecule has 1 aliphatic carbocycles. The monoisotopic (exact) mass is 636 g/mol. The maximum Gasteiger partial charge on any atom is 0.320 e. The number of aliphatic hydroxyl groups excluding tert-OH is 1. The Kier molecular flexibility index (Phi) is 8.42. The Balaban J connectivity index is 1.12. The summed E-state index contributed by atoms with van der Waals surface area (Å²) in [5, 5.41) is 11.8. The number of rotatable bonds is 10. The molecule has 5 aromatic rings. The van der Waals surface area contributed by atoms with Crippen LogP contribution in [0.15, 0.2) is 66.9 Å². The minimum absolute atomic E-state index is 0.0513. The van der Waals surface area contributed by atoms with Crippen molar-refractivity contribution in [3.05, 3.63) is 78.0 Å². The molecule has 11 heteroatoms. The second kappa shape index (κ2) is 12.8. The number of β-amino-alcohol motifs (C(OH)–C–C–N with tert-alkyl or cyclic N) is 1. The average molecular weight is 637 g/mol.